The zero-order valence-electron chi connectivity index (χ0n) is 14.4. The first-order valence-electron chi connectivity index (χ1n) is 8.07. The second-order valence-corrected chi connectivity index (χ2v) is 6.98. The SMILES string of the molecule is O=[N+]([O-])c1ccc(N/N=C/c2cc(Br)ccc2OCc2ccc(Cl)cc2)nc1. The predicted molar refractivity (Wildman–Crippen MR) is 112 cm³/mol. The molecule has 9 heteroatoms. The summed E-state index contributed by atoms with van der Waals surface area (Å²) in [4.78, 5) is 14.1. The Bertz CT molecular complexity index is 995. The molecule has 1 N–H and O–H groups in total. The molecule has 1 heterocycles. The van der Waals surface area contributed by atoms with Gasteiger partial charge in [-0.1, -0.05) is 39.7 Å². The van der Waals surface area contributed by atoms with E-state index in [1.165, 1.54) is 12.1 Å². The molecule has 1 aromatic heterocycles. The number of anilines is 1. The predicted octanol–water partition coefficient (Wildman–Crippen LogP) is 5.43. The molecule has 0 radical (unpaired) electrons. The van der Waals surface area contributed by atoms with Crippen LogP contribution in [0.15, 0.2) is 70.4 Å². The molecule has 2 aromatic carbocycles. The molecule has 0 unspecified atom stereocenters. The van der Waals surface area contributed by atoms with Gasteiger partial charge in [0.2, 0.25) is 0 Å². The Hall–Kier alpha value is -2.97. The second kappa shape index (κ2) is 9.29. The lowest BCUT2D eigenvalue weighted by Gasteiger charge is -2.10. The molecule has 7 nitrogen and oxygen atoms in total. The van der Waals surface area contributed by atoms with Crippen molar-refractivity contribution in [2.75, 3.05) is 5.43 Å². The maximum Gasteiger partial charge on any atom is 0.287 e. The maximum absolute atomic E-state index is 10.7. The Morgan fingerprint density at radius 3 is 2.68 bits per heavy atom. The standard InChI is InChI=1S/C19H14BrClN4O3/c20-15-3-7-18(28-12-13-1-4-16(21)5-2-13)14(9-15)10-23-24-19-8-6-17(11-22-19)25(26)27/h1-11H,12H2,(H,22,24)/b23-10+. The number of nitro groups is 1. The van der Waals surface area contributed by atoms with Gasteiger partial charge in [0.25, 0.3) is 5.69 Å². The van der Waals surface area contributed by atoms with Gasteiger partial charge in [-0.3, -0.25) is 15.5 Å². The van der Waals surface area contributed by atoms with Crippen molar-refractivity contribution in [3.8, 4) is 5.75 Å². The van der Waals surface area contributed by atoms with E-state index in [4.69, 9.17) is 16.3 Å². The van der Waals surface area contributed by atoms with E-state index in [9.17, 15) is 10.1 Å². The van der Waals surface area contributed by atoms with Gasteiger partial charge in [-0.25, -0.2) is 4.98 Å². The highest BCUT2D eigenvalue weighted by atomic mass is 79.9. The summed E-state index contributed by atoms with van der Waals surface area (Å²) in [6.07, 6.45) is 2.75. The summed E-state index contributed by atoms with van der Waals surface area (Å²) in [7, 11) is 0. The third-order valence-electron chi connectivity index (χ3n) is 3.62. The fourth-order valence-electron chi connectivity index (χ4n) is 2.22. The van der Waals surface area contributed by atoms with Crippen LogP contribution in [0.2, 0.25) is 5.02 Å². The number of halogens is 2. The molecule has 0 amide bonds. The molecule has 0 atom stereocenters. The van der Waals surface area contributed by atoms with Crippen molar-refractivity contribution in [1.29, 1.82) is 0 Å². The van der Waals surface area contributed by atoms with Crippen molar-refractivity contribution in [1.82, 2.24) is 4.98 Å². The summed E-state index contributed by atoms with van der Waals surface area (Å²) < 4.78 is 6.77. The summed E-state index contributed by atoms with van der Waals surface area (Å²) in [5.74, 6) is 1.04. The van der Waals surface area contributed by atoms with E-state index in [1.807, 2.05) is 42.5 Å². The molecule has 0 aliphatic rings. The number of pyridine rings is 1. The molecule has 0 aliphatic heterocycles. The molecule has 0 spiro atoms. The maximum atomic E-state index is 10.7. The summed E-state index contributed by atoms with van der Waals surface area (Å²) in [6, 6.07) is 15.8. The molecule has 3 aromatic rings. The van der Waals surface area contributed by atoms with E-state index in [0.29, 0.717) is 23.2 Å². The number of nitrogens with zero attached hydrogens (tertiary/aromatic N) is 3. The number of nitrogens with one attached hydrogen (secondary N) is 1. The molecular weight excluding hydrogens is 448 g/mol. The Labute approximate surface area is 174 Å². The quantitative estimate of drug-likeness (QED) is 0.288. The van der Waals surface area contributed by atoms with Gasteiger partial charge in [-0.05, 0) is 42.0 Å². The van der Waals surface area contributed by atoms with Crippen LogP contribution in [0, 0.1) is 10.1 Å². The molecular formula is C19H14BrClN4O3. The molecule has 0 fully saturated rings. The van der Waals surface area contributed by atoms with Crippen LogP contribution >= 0.6 is 27.5 Å². The van der Waals surface area contributed by atoms with Gasteiger partial charge < -0.3 is 4.74 Å². The number of hydrogen-bond acceptors (Lipinski definition) is 6. The van der Waals surface area contributed by atoms with E-state index in [-0.39, 0.29) is 5.69 Å². The smallest absolute Gasteiger partial charge is 0.287 e. The molecule has 28 heavy (non-hydrogen) atoms. The van der Waals surface area contributed by atoms with Crippen molar-refractivity contribution >= 4 is 45.3 Å². The highest BCUT2D eigenvalue weighted by molar-refractivity contribution is 9.10. The van der Waals surface area contributed by atoms with Crippen molar-refractivity contribution in [2.45, 2.75) is 6.61 Å². The minimum absolute atomic E-state index is 0.0839. The Morgan fingerprint density at radius 1 is 1.21 bits per heavy atom. The van der Waals surface area contributed by atoms with Crippen molar-refractivity contribution in [2.24, 2.45) is 5.10 Å². The van der Waals surface area contributed by atoms with Crippen LogP contribution in [0.4, 0.5) is 11.5 Å². The lowest BCUT2D eigenvalue weighted by atomic mass is 10.2. The molecule has 0 saturated carbocycles. The summed E-state index contributed by atoms with van der Waals surface area (Å²) in [6.45, 7) is 0.386. The summed E-state index contributed by atoms with van der Waals surface area (Å²) in [5, 5.41) is 15.5. The van der Waals surface area contributed by atoms with Crippen LogP contribution in [0.3, 0.4) is 0 Å². The van der Waals surface area contributed by atoms with Crippen LogP contribution in [-0.2, 0) is 6.61 Å². The molecule has 0 bridgehead atoms. The largest absolute Gasteiger partial charge is 0.488 e. The number of hydrazone groups is 1. The van der Waals surface area contributed by atoms with Gasteiger partial charge in [-0.15, -0.1) is 0 Å². The zero-order valence-corrected chi connectivity index (χ0v) is 16.7. The number of hydrogen-bond donors (Lipinski definition) is 1. The van der Waals surface area contributed by atoms with Crippen molar-refractivity contribution in [3.63, 3.8) is 0 Å². The number of ether oxygens (including phenoxy) is 1. The monoisotopic (exact) mass is 460 g/mol. The topological polar surface area (TPSA) is 89.7 Å². The molecule has 3 rings (SSSR count). The van der Waals surface area contributed by atoms with Crippen molar-refractivity contribution in [3.05, 3.63) is 91.5 Å². The third-order valence-corrected chi connectivity index (χ3v) is 4.37. The molecule has 0 aliphatic carbocycles. The lowest BCUT2D eigenvalue weighted by molar-refractivity contribution is -0.385. The Balaban J connectivity index is 1.68. The minimum atomic E-state index is -0.508. The van der Waals surface area contributed by atoms with Gasteiger partial charge >= 0.3 is 0 Å². The Kier molecular flexibility index (Phi) is 6.57. The summed E-state index contributed by atoms with van der Waals surface area (Å²) >= 11 is 9.32. The highest BCUT2D eigenvalue weighted by Gasteiger charge is 2.06. The number of benzene rings is 2. The first-order valence-corrected chi connectivity index (χ1v) is 9.25. The first-order chi connectivity index (χ1) is 13.5. The first kappa shape index (κ1) is 19.8. The summed E-state index contributed by atoms with van der Waals surface area (Å²) in [5.41, 5.74) is 4.39. The van der Waals surface area contributed by atoms with Crippen LogP contribution in [0.1, 0.15) is 11.1 Å². The van der Waals surface area contributed by atoms with E-state index < -0.39 is 4.92 Å². The van der Waals surface area contributed by atoms with Gasteiger partial charge in [-0.2, -0.15) is 5.10 Å². The minimum Gasteiger partial charge on any atom is -0.488 e. The van der Waals surface area contributed by atoms with Gasteiger partial charge in [0.1, 0.15) is 24.4 Å². The molecule has 0 saturated heterocycles. The van der Waals surface area contributed by atoms with E-state index >= 15 is 0 Å². The van der Waals surface area contributed by atoms with Crippen molar-refractivity contribution < 1.29 is 9.66 Å². The average molecular weight is 462 g/mol. The van der Waals surface area contributed by atoms with Crippen LogP contribution < -0.4 is 10.2 Å². The lowest BCUT2D eigenvalue weighted by Crippen LogP contribution is -2.00. The average Bonchev–Trinajstić information content (AvgIpc) is 2.69. The Morgan fingerprint density at radius 2 is 2.00 bits per heavy atom. The van der Waals surface area contributed by atoms with E-state index in [0.717, 1.165) is 21.8 Å². The van der Waals surface area contributed by atoms with E-state index in [1.54, 1.807) is 6.21 Å². The van der Waals surface area contributed by atoms with Crippen LogP contribution in [0.25, 0.3) is 0 Å². The van der Waals surface area contributed by atoms with Gasteiger partial charge in [0.15, 0.2) is 0 Å². The third kappa shape index (κ3) is 5.51. The number of rotatable bonds is 7. The van der Waals surface area contributed by atoms with Gasteiger partial charge in [0, 0.05) is 21.1 Å². The molecule has 142 valence electrons. The van der Waals surface area contributed by atoms with Gasteiger partial charge in [0.05, 0.1) is 11.1 Å². The normalized spacial score (nSPS) is 10.8. The fraction of sp³-hybridized carbons (Fsp3) is 0.0526. The van der Waals surface area contributed by atoms with E-state index in [2.05, 4.69) is 31.4 Å². The fourth-order valence-corrected chi connectivity index (χ4v) is 2.73. The van der Waals surface area contributed by atoms with Crippen LogP contribution in [-0.4, -0.2) is 16.1 Å². The zero-order chi connectivity index (χ0) is 19.9. The highest BCUT2D eigenvalue weighted by Crippen LogP contribution is 2.23. The number of aromatic nitrogens is 1. The second-order valence-electron chi connectivity index (χ2n) is 5.63. The van der Waals surface area contributed by atoms with Crippen LogP contribution in [0.5, 0.6) is 5.75 Å².